The van der Waals surface area contributed by atoms with Gasteiger partial charge in [0.2, 0.25) is 0 Å². The predicted octanol–water partition coefficient (Wildman–Crippen LogP) is 0.797. The molecule has 1 aromatic carbocycles. The zero-order valence-electron chi connectivity index (χ0n) is 16.8. The highest BCUT2D eigenvalue weighted by molar-refractivity contribution is 8.01. The Morgan fingerprint density at radius 1 is 1.31 bits per heavy atom. The van der Waals surface area contributed by atoms with Gasteiger partial charge in [-0.2, -0.15) is 0 Å². The molecule has 1 aromatic heterocycles. The number of sulfone groups is 1. The second-order valence-corrected chi connectivity index (χ2v) is 11.5. The number of nitrogens with one attached hydrogen (secondary N) is 3. The predicted molar refractivity (Wildman–Crippen MR) is 117 cm³/mol. The zero-order valence-corrected chi connectivity index (χ0v) is 18.5. The maximum absolute atomic E-state index is 12.7. The van der Waals surface area contributed by atoms with Gasteiger partial charge in [-0.3, -0.25) is 14.4 Å². The Kier molecular flexibility index (Phi) is 5.20. The number of nitrogens with zero attached hydrogens (tertiary/aromatic N) is 1. The van der Waals surface area contributed by atoms with Crippen LogP contribution in [0.3, 0.4) is 0 Å². The lowest BCUT2D eigenvalue weighted by molar-refractivity contribution is -0.118. The molecule has 2 aromatic rings. The molecule has 12 heteroatoms. The lowest BCUT2D eigenvalue weighted by Crippen LogP contribution is -2.29. The van der Waals surface area contributed by atoms with E-state index in [0.717, 1.165) is 5.56 Å². The van der Waals surface area contributed by atoms with Crippen LogP contribution in [0.1, 0.15) is 40.5 Å². The third-order valence-electron chi connectivity index (χ3n) is 5.74. The molecule has 1 fully saturated rings. The number of thioether (sulfide) groups is 1. The number of carbonyl (C=O) groups excluding carboxylic acids is 2. The van der Waals surface area contributed by atoms with Crippen LogP contribution in [-0.2, 0) is 21.2 Å². The van der Waals surface area contributed by atoms with Crippen LogP contribution in [0, 0.1) is 0 Å². The van der Waals surface area contributed by atoms with E-state index in [0.29, 0.717) is 34.9 Å². The average molecular weight is 477 g/mol. The van der Waals surface area contributed by atoms with E-state index in [-0.39, 0.29) is 47.6 Å². The molecule has 0 radical (unpaired) electrons. The molecule has 5 rings (SSSR count). The summed E-state index contributed by atoms with van der Waals surface area (Å²) < 4.78 is 29.6. The highest BCUT2D eigenvalue weighted by atomic mass is 32.2. The Labute approximate surface area is 187 Å². The second kappa shape index (κ2) is 7.93. The van der Waals surface area contributed by atoms with Gasteiger partial charge >= 0.3 is 0 Å². The van der Waals surface area contributed by atoms with Crippen molar-refractivity contribution in [3.05, 3.63) is 45.5 Å². The van der Waals surface area contributed by atoms with Crippen molar-refractivity contribution in [2.75, 3.05) is 23.4 Å². The molecule has 3 aliphatic heterocycles. The van der Waals surface area contributed by atoms with Crippen molar-refractivity contribution in [3.8, 4) is 5.75 Å². The van der Waals surface area contributed by atoms with Gasteiger partial charge in [-0.15, -0.1) is 11.8 Å². The topological polar surface area (TPSA) is 147 Å². The van der Waals surface area contributed by atoms with Crippen molar-refractivity contribution in [1.82, 2.24) is 15.3 Å². The number of anilines is 1. The maximum Gasteiger partial charge on any atom is 0.287 e. The maximum atomic E-state index is 12.7. The van der Waals surface area contributed by atoms with Gasteiger partial charge in [-0.05, 0) is 30.5 Å². The van der Waals surface area contributed by atoms with Crippen LogP contribution in [0.5, 0.6) is 5.75 Å². The van der Waals surface area contributed by atoms with Gasteiger partial charge in [0.1, 0.15) is 10.8 Å². The third kappa shape index (κ3) is 3.99. The molecule has 0 aliphatic carbocycles. The first-order chi connectivity index (χ1) is 15.3. The van der Waals surface area contributed by atoms with Gasteiger partial charge in [0, 0.05) is 17.7 Å². The number of aromatic nitrogens is 2. The molecule has 168 valence electrons. The van der Waals surface area contributed by atoms with Gasteiger partial charge < -0.3 is 20.4 Å². The first-order valence-electron chi connectivity index (χ1n) is 10.1. The summed E-state index contributed by atoms with van der Waals surface area (Å²) in [7, 11) is -3.16. The van der Waals surface area contributed by atoms with Crippen molar-refractivity contribution in [2.24, 2.45) is 0 Å². The van der Waals surface area contributed by atoms with E-state index in [1.165, 1.54) is 11.8 Å². The molecule has 0 bridgehead atoms. The van der Waals surface area contributed by atoms with Crippen molar-refractivity contribution in [1.29, 1.82) is 0 Å². The SMILES string of the molecule is O=C1COc2ccc(CNC(=O)c3nc4c(c(=O)[nH]3)C3CCCS(=O)(=O)CC3S4)cc2N1. The number of H-pyrrole nitrogens is 1. The lowest BCUT2D eigenvalue weighted by atomic mass is 9.94. The van der Waals surface area contributed by atoms with Crippen LogP contribution in [0.4, 0.5) is 5.69 Å². The minimum absolute atomic E-state index is 0.0121. The molecule has 0 spiro atoms. The minimum atomic E-state index is -3.16. The molecule has 3 aliphatic rings. The highest BCUT2D eigenvalue weighted by Gasteiger charge is 2.41. The molecule has 4 heterocycles. The van der Waals surface area contributed by atoms with Crippen LogP contribution < -0.4 is 20.9 Å². The van der Waals surface area contributed by atoms with Crippen molar-refractivity contribution >= 4 is 39.1 Å². The fraction of sp³-hybridized carbons (Fsp3) is 0.400. The van der Waals surface area contributed by atoms with Gasteiger partial charge in [0.15, 0.2) is 22.3 Å². The fourth-order valence-electron chi connectivity index (χ4n) is 4.24. The Morgan fingerprint density at radius 2 is 2.16 bits per heavy atom. The molecule has 32 heavy (non-hydrogen) atoms. The second-order valence-electron chi connectivity index (χ2n) is 8.00. The number of hydrogen-bond donors (Lipinski definition) is 3. The summed E-state index contributed by atoms with van der Waals surface area (Å²) in [5, 5.41) is 5.59. The number of carbonyl (C=O) groups is 2. The van der Waals surface area contributed by atoms with Crippen molar-refractivity contribution in [3.63, 3.8) is 0 Å². The summed E-state index contributed by atoms with van der Waals surface area (Å²) >= 11 is 1.27. The Hall–Kier alpha value is -2.86. The Balaban J connectivity index is 1.32. The van der Waals surface area contributed by atoms with E-state index in [1.807, 2.05) is 0 Å². The van der Waals surface area contributed by atoms with E-state index < -0.39 is 21.3 Å². The van der Waals surface area contributed by atoms with E-state index in [9.17, 15) is 22.8 Å². The van der Waals surface area contributed by atoms with E-state index in [1.54, 1.807) is 18.2 Å². The number of ether oxygens (including phenoxy) is 1. The molecule has 10 nitrogen and oxygen atoms in total. The standard InChI is InChI=1S/C20H20N4O6S2/c25-15-8-30-13-4-3-10(6-12(13)22-15)7-21-19(27)17-23-18(26)16-11-2-1-5-32(28,29)9-14(11)31-20(16)24-17/h3-4,6,11,14H,1-2,5,7-9H2,(H,21,27)(H,22,25)(H,23,24,26). The van der Waals surface area contributed by atoms with Crippen LogP contribution in [0.15, 0.2) is 28.0 Å². The summed E-state index contributed by atoms with van der Waals surface area (Å²) in [6, 6.07) is 5.18. The summed E-state index contributed by atoms with van der Waals surface area (Å²) in [6.45, 7) is 0.117. The van der Waals surface area contributed by atoms with Crippen LogP contribution in [0.2, 0.25) is 0 Å². The first-order valence-corrected chi connectivity index (χ1v) is 12.8. The van der Waals surface area contributed by atoms with Gasteiger partial charge in [0.05, 0.1) is 22.8 Å². The summed E-state index contributed by atoms with van der Waals surface area (Å²) in [5.74, 6) is -0.383. The monoisotopic (exact) mass is 476 g/mol. The van der Waals surface area contributed by atoms with E-state index in [2.05, 4.69) is 20.6 Å². The normalized spacial score (nSPS) is 23.1. The molecular formula is C20H20N4O6S2. The van der Waals surface area contributed by atoms with E-state index in [4.69, 9.17) is 4.74 Å². The lowest BCUT2D eigenvalue weighted by Gasteiger charge is -2.18. The number of hydrogen-bond acceptors (Lipinski definition) is 8. The number of fused-ring (bicyclic) bond motifs is 4. The minimum Gasteiger partial charge on any atom is -0.482 e. The zero-order chi connectivity index (χ0) is 22.5. The number of amides is 2. The van der Waals surface area contributed by atoms with Gasteiger partial charge in [-0.1, -0.05) is 6.07 Å². The number of aromatic amines is 1. The number of rotatable bonds is 3. The third-order valence-corrected chi connectivity index (χ3v) is 9.06. The van der Waals surface area contributed by atoms with Gasteiger partial charge in [-0.25, -0.2) is 13.4 Å². The molecule has 2 unspecified atom stereocenters. The quantitative estimate of drug-likeness (QED) is 0.551. The smallest absolute Gasteiger partial charge is 0.287 e. The van der Waals surface area contributed by atoms with Crippen LogP contribution in [0.25, 0.3) is 0 Å². The van der Waals surface area contributed by atoms with Crippen molar-refractivity contribution < 1.29 is 22.7 Å². The molecule has 2 amide bonds. The first kappa shape index (κ1) is 21.0. The molecular weight excluding hydrogens is 456 g/mol. The average Bonchev–Trinajstić information content (AvgIpc) is 3.00. The number of benzene rings is 1. The fourth-order valence-corrected chi connectivity index (χ4v) is 7.88. The highest BCUT2D eigenvalue weighted by Crippen LogP contribution is 2.46. The van der Waals surface area contributed by atoms with Crippen LogP contribution >= 0.6 is 11.8 Å². The Morgan fingerprint density at radius 3 is 3.00 bits per heavy atom. The van der Waals surface area contributed by atoms with E-state index >= 15 is 0 Å². The summed E-state index contributed by atoms with van der Waals surface area (Å²) in [6.07, 6.45) is 1.12. The summed E-state index contributed by atoms with van der Waals surface area (Å²) in [5.41, 5.74) is 1.35. The molecule has 1 saturated heterocycles. The summed E-state index contributed by atoms with van der Waals surface area (Å²) in [4.78, 5) is 43.7. The van der Waals surface area contributed by atoms with Gasteiger partial charge in [0.25, 0.3) is 17.4 Å². The molecule has 0 saturated carbocycles. The van der Waals surface area contributed by atoms with Crippen molar-refractivity contribution in [2.45, 2.75) is 35.6 Å². The molecule has 3 N–H and O–H groups in total. The van der Waals surface area contributed by atoms with Crippen LogP contribution in [-0.4, -0.2) is 53.6 Å². The largest absolute Gasteiger partial charge is 0.482 e. The molecule has 2 atom stereocenters. The Bertz CT molecular complexity index is 1290.